The number of benzene rings is 2. The Labute approximate surface area is 186 Å². The number of aromatic nitrogens is 2. The van der Waals surface area contributed by atoms with Crippen LogP contribution in [0.3, 0.4) is 0 Å². The van der Waals surface area contributed by atoms with Crippen molar-refractivity contribution in [2.24, 2.45) is 0 Å². The molecule has 0 aliphatic heterocycles. The summed E-state index contributed by atoms with van der Waals surface area (Å²) in [5.74, 6) is 1.38. The molecule has 0 bridgehead atoms. The molecule has 0 amide bonds. The molecular weight excluding hydrogens is 400 g/mol. The topological polar surface area (TPSA) is 65.2 Å². The first-order valence-corrected chi connectivity index (χ1v) is 10.5. The lowest BCUT2D eigenvalue weighted by atomic mass is 9.99. The predicted octanol–water partition coefficient (Wildman–Crippen LogP) is 5.75. The number of ketones is 1. The molecule has 0 N–H and O–H groups in total. The van der Waals surface area contributed by atoms with Gasteiger partial charge in [0.1, 0.15) is 18.1 Å². The second-order valence-corrected chi connectivity index (χ2v) is 7.88. The number of carbonyl (C=O) groups is 1. The summed E-state index contributed by atoms with van der Waals surface area (Å²) in [4.78, 5) is 17.9. The lowest BCUT2D eigenvalue weighted by Crippen LogP contribution is -2.04. The van der Waals surface area contributed by atoms with E-state index >= 15 is 0 Å². The van der Waals surface area contributed by atoms with Crippen molar-refractivity contribution in [1.29, 1.82) is 0 Å². The molecule has 1 aliphatic carbocycles. The zero-order valence-corrected chi connectivity index (χ0v) is 18.0. The maximum Gasteiger partial charge on any atom is 0.195 e. The molecular formula is C27H22N2O3. The number of fused-ring (bicyclic) bond motifs is 1. The summed E-state index contributed by atoms with van der Waals surface area (Å²) in [5, 5.41) is 4.03. The highest BCUT2D eigenvalue weighted by molar-refractivity contribution is 6.29. The van der Waals surface area contributed by atoms with E-state index in [1.54, 1.807) is 12.3 Å². The van der Waals surface area contributed by atoms with Crippen molar-refractivity contribution < 1.29 is 14.1 Å². The number of allylic oxidation sites excluding steroid dienone is 2. The van der Waals surface area contributed by atoms with Crippen LogP contribution in [-0.2, 0) is 13.0 Å². The van der Waals surface area contributed by atoms with Crippen molar-refractivity contribution in [1.82, 2.24) is 10.1 Å². The summed E-state index contributed by atoms with van der Waals surface area (Å²) >= 11 is 0. The number of hydrogen-bond donors (Lipinski definition) is 0. The fourth-order valence-electron chi connectivity index (χ4n) is 4.07. The Morgan fingerprint density at radius 1 is 1.06 bits per heavy atom. The minimum atomic E-state index is -0.0495. The van der Waals surface area contributed by atoms with Crippen LogP contribution in [0.15, 0.2) is 77.5 Å². The highest BCUT2D eigenvalue weighted by atomic mass is 16.5. The zero-order chi connectivity index (χ0) is 22.1. The van der Waals surface area contributed by atoms with Crippen molar-refractivity contribution in [2.45, 2.75) is 26.9 Å². The number of aryl methyl sites for hydroxylation is 2. The van der Waals surface area contributed by atoms with E-state index in [0.717, 1.165) is 39.4 Å². The summed E-state index contributed by atoms with van der Waals surface area (Å²) in [7, 11) is 0. The largest absolute Gasteiger partial charge is 0.489 e. The van der Waals surface area contributed by atoms with Gasteiger partial charge in [0.15, 0.2) is 5.78 Å². The average Bonchev–Trinajstić information content (AvgIpc) is 3.40. The van der Waals surface area contributed by atoms with Crippen LogP contribution in [0.4, 0.5) is 0 Å². The van der Waals surface area contributed by atoms with Gasteiger partial charge in [-0.2, -0.15) is 0 Å². The SMILES string of the molecule is Cc1noc(C)c1-c1cnc2c(c1)CC=C2C(=O)c1cccc(OCc2ccccc2)c1. The lowest BCUT2D eigenvalue weighted by Gasteiger charge is -2.09. The minimum absolute atomic E-state index is 0.0495. The Bertz CT molecular complexity index is 1320. The molecule has 32 heavy (non-hydrogen) atoms. The molecule has 4 aromatic rings. The highest BCUT2D eigenvalue weighted by Crippen LogP contribution is 2.34. The van der Waals surface area contributed by atoms with Gasteiger partial charge in [0, 0.05) is 28.5 Å². The first kappa shape index (κ1) is 19.9. The van der Waals surface area contributed by atoms with Crippen molar-refractivity contribution in [2.75, 3.05) is 0 Å². The molecule has 5 rings (SSSR count). The minimum Gasteiger partial charge on any atom is -0.489 e. The molecule has 0 radical (unpaired) electrons. The highest BCUT2D eigenvalue weighted by Gasteiger charge is 2.24. The van der Waals surface area contributed by atoms with Gasteiger partial charge in [-0.3, -0.25) is 9.78 Å². The Balaban J connectivity index is 1.36. The first-order chi connectivity index (χ1) is 15.6. The molecule has 2 aromatic carbocycles. The second-order valence-electron chi connectivity index (χ2n) is 7.88. The van der Waals surface area contributed by atoms with Gasteiger partial charge < -0.3 is 9.26 Å². The van der Waals surface area contributed by atoms with E-state index in [2.05, 4.69) is 16.2 Å². The standard InChI is InChI=1S/C27H22N2O3/c1-17-25(18(2)32-29-17)22-13-20-11-12-24(26(20)28-15-22)27(30)21-9-6-10-23(14-21)31-16-19-7-4-3-5-8-19/h3-10,12-15H,11,16H2,1-2H3. The predicted molar refractivity (Wildman–Crippen MR) is 122 cm³/mol. The van der Waals surface area contributed by atoms with Crippen molar-refractivity contribution in [3.8, 4) is 16.9 Å². The molecule has 0 spiro atoms. The average molecular weight is 422 g/mol. The number of Topliss-reactive ketones (excluding diaryl/α,β-unsaturated/α-hetero) is 1. The Kier molecular flexibility index (Phi) is 5.15. The maximum absolute atomic E-state index is 13.3. The summed E-state index contributed by atoms with van der Waals surface area (Å²) in [6.45, 7) is 4.26. The van der Waals surface area contributed by atoms with E-state index in [4.69, 9.17) is 9.26 Å². The fraction of sp³-hybridized carbons (Fsp3) is 0.148. The number of rotatable bonds is 6. The fourth-order valence-corrected chi connectivity index (χ4v) is 4.07. The van der Waals surface area contributed by atoms with Gasteiger partial charge in [-0.05, 0) is 49.6 Å². The van der Waals surface area contributed by atoms with Gasteiger partial charge in [0.25, 0.3) is 0 Å². The molecule has 0 fully saturated rings. The van der Waals surface area contributed by atoms with Crippen molar-refractivity contribution in [3.63, 3.8) is 0 Å². The summed E-state index contributed by atoms with van der Waals surface area (Å²) in [6.07, 6.45) is 4.41. The Morgan fingerprint density at radius 3 is 2.69 bits per heavy atom. The van der Waals surface area contributed by atoms with Crippen LogP contribution < -0.4 is 4.74 Å². The number of hydrogen-bond acceptors (Lipinski definition) is 5. The van der Waals surface area contributed by atoms with Crippen LogP contribution in [0.1, 0.15) is 38.6 Å². The van der Waals surface area contributed by atoms with Crippen LogP contribution in [0.25, 0.3) is 16.7 Å². The van der Waals surface area contributed by atoms with Crippen LogP contribution in [0.5, 0.6) is 5.75 Å². The van der Waals surface area contributed by atoms with Crippen molar-refractivity contribution in [3.05, 3.63) is 107 Å². The molecule has 0 atom stereocenters. The Morgan fingerprint density at radius 2 is 1.91 bits per heavy atom. The van der Waals surface area contributed by atoms with Crippen LogP contribution in [-0.4, -0.2) is 15.9 Å². The van der Waals surface area contributed by atoms with E-state index in [0.29, 0.717) is 29.9 Å². The molecule has 0 saturated carbocycles. The number of ether oxygens (including phenoxy) is 1. The number of nitrogens with zero attached hydrogens (tertiary/aromatic N) is 2. The third-order valence-corrected chi connectivity index (χ3v) is 5.66. The van der Waals surface area contributed by atoms with Gasteiger partial charge in [-0.1, -0.05) is 53.7 Å². The lowest BCUT2D eigenvalue weighted by molar-refractivity contribution is 0.105. The quantitative estimate of drug-likeness (QED) is 0.370. The molecule has 0 saturated heterocycles. The van der Waals surface area contributed by atoms with Gasteiger partial charge in [-0.15, -0.1) is 0 Å². The molecule has 158 valence electrons. The van der Waals surface area contributed by atoms with Crippen LogP contribution in [0, 0.1) is 13.8 Å². The summed E-state index contributed by atoms with van der Waals surface area (Å²) in [6, 6.07) is 19.3. The molecule has 0 unspecified atom stereocenters. The Hall–Kier alpha value is -3.99. The third-order valence-electron chi connectivity index (χ3n) is 5.66. The van der Waals surface area contributed by atoms with Crippen LogP contribution >= 0.6 is 0 Å². The van der Waals surface area contributed by atoms with Gasteiger partial charge in [-0.25, -0.2) is 0 Å². The van der Waals surface area contributed by atoms with E-state index in [1.807, 2.05) is 68.5 Å². The van der Waals surface area contributed by atoms with Crippen molar-refractivity contribution >= 4 is 11.4 Å². The van der Waals surface area contributed by atoms with Crippen LogP contribution in [0.2, 0.25) is 0 Å². The van der Waals surface area contributed by atoms with E-state index < -0.39 is 0 Å². The smallest absolute Gasteiger partial charge is 0.195 e. The number of carbonyl (C=O) groups excluding carboxylic acids is 1. The normalized spacial score (nSPS) is 12.4. The molecule has 1 aliphatic rings. The monoisotopic (exact) mass is 422 g/mol. The van der Waals surface area contributed by atoms with E-state index in [9.17, 15) is 4.79 Å². The van der Waals surface area contributed by atoms with Gasteiger partial charge in [0.2, 0.25) is 0 Å². The molecule has 2 aromatic heterocycles. The second kappa shape index (κ2) is 8.27. The van der Waals surface area contributed by atoms with Gasteiger partial charge in [0.05, 0.1) is 11.4 Å². The third kappa shape index (κ3) is 3.73. The maximum atomic E-state index is 13.3. The summed E-state index contributed by atoms with van der Waals surface area (Å²) in [5.41, 5.74) is 6.82. The molecule has 2 heterocycles. The first-order valence-electron chi connectivity index (χ1n) is 10.5. The number of pyridine rings is 1. The summed E-state index contributed by atoms with van der Waals surface area (Å²) < 4.78 is 11.2. The zero-order valence-electron chi connectivity index (χ0n) is 18.0. The van der Waals surface area contributed by atoms with Gasteiger partial charge >= 0.3 is 0 Å². The molecule has 5 heteroatoms. The van der Waals surface area contributed by atoms with E-state index in [-0.39, 0.29) is 5.78 Å². The van der Waals surface area contributed by atoms with E-state index in [1.165, 1.54) is 0 Å². The molecule has 5 nitrogen and oxygen atoms in total.